The summed E-state index contributed by atoms with van der Waals surface area (Å²) in [5, 5.41) is 10.7. The summed E-state index contributed by atoms with van der Waals surface area (Å²) in [5.74, 6) is -0.506. The quantitative estimate of drug-likeness (QED) is 0.0222. The Hall–Kier alpha value is -1.94. The van der Waals surface area contributed by atoms with Crippen LogP contribution in [0.15, 0.2) is 0 Å². The second kappa shape index (κ2) is 82.2. The Bertz CT molecular complexity index is 2100. The lowest BCUT2D eigenvalue weighted by Gasteiger charge is -2.21. The average molecular weight is 1610 g/mol. The molecule has 0 aliphatic carbocycles. The van der Waals surface area contributed by atoms with E-state index in [1.54, 1.807) is 0 Å². The summed E-state index contributed by atoms with van der Waals surface area (Å²) in [6, 6.07) is 0. The van der Waals surface area contributed by atoms with Crippen LogP contribution in [0.3, 0.4) is 0 Å². The van der Waals surface area contributed by atoms with E-state index in [9.17, 15) is 43.2 Å². The number of phosphoric acid groups is 2. The maximum absolute atomic E-state index is 13.2. The molecule has 0 bridgehead atoms. The normalized spacial score (nSPS) is 14.0. The van der Waals surface area contributed by atoms with E-state index < -0.39 is 97.5 Å². The van der Waals surface area contributed by atoms with Gasteiger partial charge in [0.25, 0.3) is 0 Å². The van der Waals surface area contributed by atoms with Crippen molar-refractivity contribution in [1.82, 2.24) is 0 Å². The SMILES string of the molecule is CCCCCCCCCCCCCCCCCCCCCCCC(=O)O[C@H](COC(=O)CCCCCCCCCCCCCCCCCCC(C)C)COP(=O)(O)OC[C@@H](O)COP(=O)(O)OC[C@@H](COC(=O)CCCCCCCCCCC(C)CC)OC(=O)CCCCCCCCCCCCCCCCCCCC. The Morgan fingerprint density at radius 3 is 0.691 bits per heavy atom. The Morgan fingerprint density at radius 1 is 0.264 bits per heavy atom. The molecule has 3 unspecified atom stereocenters. The predicted molar refractivity (Wildman–Crippen MR) is 455 cm³/mol. The minimum atomic E-state index is -4.97. The molecule has 0 fully saturated rings. The van der Waals surface area contributed by atoms with E-state index in [4.69, 9.17) is 37.0 Å². The van der Waals surface area contributed by atoms with Gasteiger partial charge in [0.2, 0.25) is 0 Å². The van der Waals surface area contributed by atoms with Gasteiger partial charge in [-0.2, -0.15) is 0 Å². The number of unbranched alkanes of at least 4 members (excludes halogenated alkanes) is 59. The topological polar surface area (TPSA) is 237 Å². The van der Waals surface area contributed by atoms with Crippen LogP contribution in [0.5, 0.6) is 0 Å². The summed E-state index contributed by atoms with van der Waals surface area (Å²) in [7, 11) is -9.94. The molecule has 0 aliphatic heterocycles. The van der Waals surface area contributed by atoms with Crippen LogP contribution in [0.2, 0.25) is 0 Å². The molecular formula is C91H178O17P2. The third-order valence-corrected chi connectivity index (χ3v) is 23.7. The number of aliphatic hydroxyl groups is 1. The molecule has 0 rings (SSSR count). The molecule has 6 atom stereocenters. The zero-order chi connectivity index (χ0) is 80.6. The van der Waals surface area contributed by atoms with E-state index in [0.717, 1.165) is 102 Å². The minimum absolute atomic E-state index is 0.108. The van der Waals surface area contributed by atoms with Crippen molar-refractivity contribution in [3.8, 4) is 0 Å². The van der Waals surface area contributed by atoms with Gasteiger partial charge in [-0.15, -0.1) is 0 Å². The lowest BCUT2D eigenvalue weighted by atomic mass is 9.99. The molecule has 19 heteroatoms. The Morgan fingerprint density at radius 2 is 0.464 bits per heavy atom. The summed E-state index contributed by atoms with van der Waals surface area (Å²) in [4.78, 5) is 73.4. The van der Waals surface area contributed by atoms with Gasteiger partial charge in [-0.25, -0.2) is 9.13 Å². The van der Waals surface area contributed by atoms with Gasteiger partial charge in [0.1, 0.15) is 19.3 Å². The van der Waals surface area contributed by atoms with E-state index in [-0.39, 0.29) is 25.7 Å². The first kappa shape index (κ1) is 108. The van der Waals surface area contributed by atoms with Crippen molar-refractivity contribution in [2.75, 3.05) is 39.6 Å². The molecule has 0 aromatic heterocycles. The number of carbonyl (C=O) groups is 4. The number of esters is 4. The van der Waals surface area contributed by atoms with Crippen LogP contribution in [0.4, 0.5) is 0 Å². The van der Waals surface area contributed by atoms with Crippen LogP contribution < -0.4 is 0 Å². The number of aliphatic hydroxyl groups excluding tert-OH is 1. The molecule has 0 saturated carbocycles. The molecule has 17 nitrogen and oxygen atoms in total. The van der Waals surface area contributed by atoms with Crippen LogP contribution >= 0.6 is 15.6 Å². The first-order valence-corrected chi connectivity index (χ1v) is 50.0. The van der Waals surface area contributed by atoms with Gasteiger partial charge in [-0.1, -0.05) is 440 Å². The highest BCUT2D eigenvalue weighted by molar-refractivity contribution is 7.47. The van der Waals surface area contributed by atoms with Gasteiger partial charge in [0.05, 0.1) is 26.4 Å². The molecule has 654 valence electrons. The van der Waals surface area contributed by atoms with Crippen molar-refractivity contribution < 1.29 is 80.2 Å². The molecule has 0 aromatic rings. The van der Waals surface area contributed by atoms with Gasteiger partial charge >= 0.3 is 39.5 Å². The first-order valence-electron chi connectivity index (χ1n) is 47.0. The molecule has 0 amide bonds. The molecule has 0 aromatic carbocycles. The summed E-state index contributed by atoms with van der Waals surface area (Å²) in [6.07, 6.45) is 76.4. The second-order valence-electron chi connectivity index (χ2n) is 33.4. The highest BCUT2D eigenvalue weighted by Gasteiger charge is 2.31. The molecule has 0 aliphatic rings. The van der Waals surface area contributed by atoms with Crippen molar-refractivity contribution in [1.29, 1.82) is 0 Å². The zero-order valence-electron chi connectivity index (χ0n) is 72.6. The smallest absolute Gasteiger partial charge is 0.462 e. The van der Waals surface area contributed by atoms with Crippen molar-refractivity contribution in [2.24, 2.45) is 11.8 Å². The number of ether oxygens (including phenoxy) is 4. The lowest BCUT2D eigenvalue weighted by molar-refractivity contribution is -0.161. The van der Waals surface area contributed by atoms with Gasteiger partial charge in [0, 0.05) is 25.7 Å². The van der Waals surface area contributed by atoms with E-state index in [2.05, 4.69) is 41.5 Å². The monoisotopic (exact) mass is 1610 g/mol. The number of rotatable bonds is 90. The molecule has 110 heavy (non-hydrogen) atoms. The van der Waals surface area contributed by atoms with Gasteiger partial charge < -0.3 is 33.8 Å². The molecule has 0 radical (unpaired) electrons. The third kappa shape index (κ3) is 82.6. The fourth-order valence-corrected chi connectivity index (χ4v) is 15.9. The van der Waals surface area contributed by atoms with Crippen molar-refractivity contribution >= 4 is 39.5 Å². The lowest BCUT2D eigenvalue weighted by Crippen LogP contribution is -2.30. The fraction of sp³-hybridized carbons (Fsp3) is 0.956. The van der Waals surface area contributed by atoms with E-state index in [0.29, 0.717) is 25.7 Å². The van der Waals surface area contributed by atoms with Crippen molar-refractivity contribution in [3.05, 3.63) is 0 Å². The van der Waals surface area contributed by atoms with E-state index in [1.807, 2.05) is 0 Å². The van der Waals surface area contributed by atoms with Crippen LogP contribution in [-0.2, 0) is 65.4 Å². The summed E-state index contributed by atoms with van der Waals surface area (Å²) in [6.45, 7) is 9.74. The number of carbonyl (C=O) groups excluding carboxylic acids is 4. The van der Waals surface area contributed by atoms with E-state index in [1.165, 1.54) is 308 Å². The van der Waals surface area contributed by atoms with Crippen LogP contribution in [0.25, 0.3) is 0 Å². The van der Waals surface area contributed by atoms with Crippen molar-refractivity contribution in [3.63, 3.8) is 0 Å². The summed E-state index contributed by atoms with van der Waals surface area (Å²) in [5.41, 5.74) is 0. The number of phosphoric ester groups is 2. The molecule has 0 heterocycles. The van der Waals surface area contributed by atoms with Crippen LogP contribution in [0.1, 0.15) is 491 Å². The van der Waals surface area contributed by atoms with Gasteiger partial charge in [-0.3, -0.25) is 37.3 Å². The minimum Gasteiger partial charge on any atom is -0.462 e. The van der Waals surface area contributed by atoms with Gasteiger partial charge in [0.15, 0.2) is 12.2 Å². The predicted octanol–water partition coefficient (Wildman–Crippen LogP) is 28.2. The highest BCUT2D eigenvalue weighted by atomic mass is 31.2. The fourth-order valence-electron chi connectivity index (χ4n) is 14.3. The highest BCUT2D eigenvalue weighted by Crippen LogP contribution is 2.45. The van der Waals surface area contributed by atoms with E-state index >= 15 is 0 Å². The van der Waals surface area contributed by atoms with Crippen molar-refractivity contribution in [2.45, 2.75) is 509 Å². The van der Waals surface area contributed by atoms with Crippen LogP contribution in [0, 0.1) is 11.8 Å². The summed E-state index contributed by atoms with van der Waals surface area (Å²) >= 11 is 0. The maximum atomic E-state index is 13.2. The Kier molecular flexibility index (Phi) is 80.7. The van der Waals surface area contributed by atoms with Gasteiger partial charge in [-0.05, 0) is 37.5 Å². The Balaban J connectivity index is 5.25. The molecular weight excluding hydrogens is 1430 g/mol. The number of hydrogen-bond donors (Lipinski definition) is 3. The molecule has 0 spiro atoms. The largest absolute Gasteiger partial charge is 0.472 e. The maximum Gasteiger partial charge on any atom is 0.472 e. The summed E-state index contributed by atoms with van der Waals surface area (Å²) < 4.78 is 69.1. The second-order valence-corrected chi connectivity index (χ2v) is 36.3. The molecule has 3 N–H and O–H groups in total. The average Bonchev–Trinajstić information content (AvgIpc) is 0.573. The molecule has 0 saturated heterocycles. The Labute approximate surface area is 677 Å². The standard InChI is InChI=1S/C91H178O17P2/c1-7-10-12-14-16-18-20-22-24-26-28-29-30-32-38-42-46-50-58-64-70-75-90(95)107-86(79-101-88(93)73-67-61-55-48-44-40-36-34-33-35-39-43-47-53-59-65-71-83(4)5)81-105-109(97,98)103-77-85(92)78-104-110(99,100)106-82-87(80-102-89(94)74-68-62-56-52-51-54-60-66-72-84(6)9-3)108-91(96)76-69-63-57-49-45-41-37-31-27-25-23-21-19-17-15-13-11-8-2/h83-87,92H,7-82H2,1-6H3,(H,97,98)(H,99,100)/t84?,85-,86-,87-/m1/s1. The van der Waals surface area contributed by atoms with Crippen LogP contribution in [-0.4, -0.2) is 96.7 Å². The zero-order valence-corrected chi connectivity index (χ0v) is 74.4. The number of hydrogen-bond acceptors (Lipinski definition) is 15. The first-order chi connectivity index (χ1) is 53.4. The third-order valence-electron chi connectivity index (χ3n) is 21.8.